The Kier molecular flexibility index (Phi) is 3.78. The van der Waals surface area contributed by atoms with E-state index in [2.05, 4.69) is 5.32 Å². The van der Waals surface area contributed by atoms with Crippen LogP contribution in [0, 0.1) is 0 Å². The van der Waals surface area contributed by atoms with E-state index < -0.39 is 0 Å². The molecule has 1 nitrogen and oxygen atoms in total. The zero-order chi connectivity index (χ0) is 10.8. The van der Waals surface area contributed by atoms with Crippen LogP contribution in [0.5, 0.6) is 0 Å². The molecule has 1 heterocycles. The van der Waals surface area contributed by atoms with Crippen molar-refractivity contribution in [1.82, 2.24) is 5.32 Å². The number of piperidine rings is 1. The second-order valence-electron chi connectivity index (χ2n) is 3.79. The maximum atomic E-state index is 6.16. The van der Waals surface area contributed by atoms with E-state index in [1.807, 2.05) is 0 Å². The highest BCUT2D eigenvalue weighted by atomic mass is 35.5. The Balaban J connectivity index is 2.33. The Morgan fingerprint density at radius 3 is 2.27 bits per heavy atom. The van der Waals surface area contributed by atoms with Gasteiger partial charge in [0.2, 0.25) is 0 Å². The Morgan fingerprint density at radius 2 is 1.73 bits per heavy atom. The largest absolute Gasteiger partial charge is 0.310 e. The van der Waals surface area contributed by atoms with E-state index in [1.54, 1.807) is 12.1 Å². The topological polar surface area (TPSA) is 12.0 Å². The Morgan fingerprint density at radius 1 is 1.07 bits per heavy atom. The second kappa shape index (κ2) is 4.92. The first kappa shape index (κ1) is 11.5. The molecule has 82 valence electrons. The Bertz CT molecular complexity index is 336. The number of nitrogens with one attached hydrogen (secondary N) is 1. The smallest absolute Gasteiger partial charge is 0.0483 e. The molecule has 1 N–H and O–H groups in total. The zero-order valence-corrected chi connectivity index (χ0v) is 10.5. The highest BCUT2D eigenvalue weighted by Crippen LogP contribution is 2.36. The molecule has 2 rings (SSSR count). The third-order valence-corrected chi connectivity index (χ3v) is 3.55. The molecule has 1 aliphatic rings. The van der Waals surface area contributed by atoms with Crippen molar-refractivity contribution in [2.24, 2.45) is 0 Å². The van der Waals surface area contributed by atoms with E-state index in [0.717, 1.165) is 18.5 Å². The van der Waals surface area contributed by atoms with Gasteiger partial charge in [-0.2, -0.15) is 0 Å². The van der Waals surface area contributed by atoms with Crippen molar-refractivity contribution >= 4 is 34.8 Å². The summed E-state index contributed by atoms with van der Waals surface area (Å²) in [4.78, 5) is 0. The molecule has 1 unspecified atom stereocenters. The lowest BCUT2D eigenvalue weighted by atomic mass is 9.97. The normalized spacial score (nSPS) is 21.7. The average molecular weight is 265 g/mol. The molecule has 1 aromatic rings. The van der Waals surface area contributed by atoms with E-state index in [0.29, 0.717) is 15.1 Å². The van der Waals surface area contributed by atoms with E-state index in [1.165, 1.54) is 12.8 Å². The fraction of sp³-hybridized carbons (Fsp3) is 0.455. The molecular formula is C11H12Cl3N. The number of rotatable bonds is 1. The number of hydrogen-bond acceptors (Lipinski definition) is 1. The van der Waals surface area contributed by atoms with Gasteiger partial charge < -0.3 is 5.32 Å². The van der Waals surface area contributed by atoms with Gasteiger partial charge in [0.25, 0.3) is 0 Å². The molecule has 1 atom stereocenters. The van der Waals surface area contributed by atoms with Crippen LogP contribution in [0.25, 0.3) is 0 Å². The lowest BCUT2D eigenvalue weighted by molar-refractivity contribution is 0.412. The van der Waals surface area contributed by atoms with Crippen LogP contribution in [0.1, 0.15) is 30.9 Å². The molecule has 1 aromatic carbocycles. The first-order valence-corrected chi connectivity index (χ1v) is 6.19. The van der Waals surface area contributed by atoms with Crippen LogP contribution in [0.3, 0.4) is 0 Å². The van der Waals surface area contributed by atoms with E-state index in [9.17, 15) is 0 Å². The minimum absolute atomic E-state index is 0.274. The molecule has 1 saturated heterocycles. The standard InChI is InChI=1S/C11H12Cl3N/c12-7-5-8(13)11(9(14)6-7)10-3-1-2-4-15-10/h5-6,10,15H,1-4H2. The second-order valence-corrected chi connectivity index (χ2v) is 5.04. The van der Waals surface area contributed by atoms with Gasteiger partial charge in [0.1, 0.15) is 0 Å². The molecule has 4 heteroatoms. The van der Waals surface area contributed by atoms with Crippen LogP contribution < -0.4 is 5.32 Å². The maximum absolute atomic E-state index is 6.16. The van der Waals surface area contributed by atoms with Gasteiger partial charge >= 0.3 is 0 Å². The summed E-state index contributed by atoms with van der Waals surface area (Å²) in [6.07, 6.45) is 3.52. The van der Waals surface area contributed by atoms with E-state index in [-0.39, 0.29) is 6.04 Å². The van der Waals surface area contributed by atoms with Gasteiger partial charge in [0.15, 0.2) is 0 Å². The van der Waals surface area contributed by atoms with Crippen molar-refractivity contribution in [2.75, 3.05) is 6.54 Å². The van der Waals surface area contributed by atoms with Gasteiger partial charge in [-0.15, -0.1) is 0 Å². The molecular weight excluding hydrogens is 252 g/mol. The minimum Gasteiger partial charge on any atom is -0.310 e. The van der Waals surface area contributed by atoms with Gasteiger partial charge in [-0.3, -0.25) is 0 Å². The molecule has 0 saturated carbocycles. The van der Waals surface area contributed by atoms with Crippen LogP contribution in [0.4, 0.5) is 0 Å². The van der Waals surface area contributed by atoms with Crippen molar-refractivity contribution in [1.29, 1.82) is 0 Å². The van der Waals surface area contributed by atoms with Crippen molar-refractivity contribution in [3.05, 3.63) is 32.8 Å². The zero-order valence-electron chi connectivity index (χ0n) is 8.19. The summed E-state index contributed by atoms with van der Waals surface area (Å²) in [5, 5.41) is 5.33. The quantitative estimate of drug-likeness (QED) is 0.789. The molecule has 0 bridgehead atoms. The molecule has 1 fully saturated rings. The van der Waals surface area contributed by atoms with Crippen molar-refractivity contribution in [3.63, 3.8) is 0 Å². The van der Waals surface area contributed by atoms with E-state index >= 15 is 0 Å². The Labute approximate surface area is 105 Å². The molecule has 0 aromatic heterocycles. The summed E-state index contributed by atoms with van der Waals surface area (Å²) in [6, 6.07) is 3.78. The fourth-order valence-electron chi connectivity index (χ4n) is 1.98. The van der Waals surface area contributed by atoms with Crippen molar-refractivity contribution < 1.29 is 0 Å². The molecule has 0 aliphatic carbocycles. The number of hydrogen-bond donors (Lipinski definition) is 1. The summed E-state index contributed by atoms with van der Waals surface area (Å²) in [7, 11) is 0. The van der Waals surface area contributed by atoms with Crippen molar-refractivity contribution in [3.8, 4) is 0 Å². The number of halogens is 3. The molecule has 1 aliphatic heterocycles. The average Bonchev–Trinajstić information content (AvgIpc) is 2.17. The fourth-order valence-corrected chi connectivity index (χ4v) is 3.06. The van der Waals surface area contributed by atoms with Crippen LogP contribution in [-0.4, -0.2) is 6.54 Å². The summed E-state index contributed by atoms with van der Waals surface area (Å²) >= 11 is 18.2. The minimum atomic E-state index is 0.274. The number of benzene rings is 1. The first-order chi connectivity index (χ1) is 7.18. The molecule has 0 spiro atoms. The van der Waals surface area contributed by atoms with Gasteiger partial charge in [0.05, 0.1) is 0 Å². The SMILES string of the molecule is Clc1cc(Cl)c(C2CCCCN2)c(Cl)c1. The van der Waals surface area contributed by atoms with Gasteiger partial charge in [-0.05, 0) is 31.5 Å². The van der Waals surface area contributed by atoms with Gasteiger partial charge in [-0.25, -0.2) is 0 Å². The van der Waals surface area contributed by atoms with Crippen LogP contribution in [0.15, 0.2) is 12.1 Å². The van der Waals surface area contributed by atoms with E-state index in [4.69, 9.17) is 34.8 Å². The van der Waals surface area contributed by atoms with Gasteiger partial charge in [-0.1, -0.05) is 41.2 Å². The summed E-state index contributed by atoms with van der Waals surface area (Å²) in [5.41, 5.74) is 0.988. The lowest BCUT2D eigenvalue weighted by Gasteiger charge is -2.25. The molecule has 15 heavy (non-hydrogen) atoms. The summed E-state index contributed by atoms with van der Waals surface area (Å²) in [5.74, 6) is 0. The highest BCUT2D eigenvalue weighted by Gasteiger charge is 2.20. The lowest BCUT2D eigenvalue weighted by Crippen LogP contribution is -2.27. The summed E-state index contributed by atoms with van der Waals surface area (Å²) in [6.45, 7) is 1.03. The predicted octanol–water partition coefficient (Wildman–Crippen LogP) is 4.46. The first-order valence-electron chi connectivity index (χ1n) is 5.06. The third kappa shape index (κ3) is 2.59. The molecule has 0 amide bonds. The van der Waals surface area contributed by atoms with Crippen LogP contribution in [0.2, 0.25) is 15.1 Å². The monoisotopic (exact) mass is 263 g/mol. The van der Waals surface area contributed by atoms with Crippen LogP contribution in [-0.2, 0) is 0 Å². The summed E-state index contributed by atoms with van der Waals surface area (Å²) < 4.78 is 0. The van der Waals surface area contributed by atoms with Crippen LogP contribution >= 0.6 is 34.8 Å². The predicted molar refractivity (Wildman–Crippen MR) is 66.1 cm³/mol. The maximum Gasteiger partial charge on any atom is 0.0483 e. The van der Waals surface area contributed by atoms with Gasteiger partial charge in [0, 0.05) is 26.7 Å². The molecule has 0 radical (unpaired) electrons. The highest BCUT2D eigenvalue weighted by molar-refractivity contribution is 6.39. The third-order valence-electron chi connectivity index (χ3n) is 2.70. The Hall–Kier alpha value is 0.0500. The van der Waals surface area contributed by atoms with Crippen molar-refractivity contribution in [2.45, 2.75) is 25.3 Å².